The summed E-state index contributed by atoms with van der Waals surface area (Å²) in [5.41, 5.74) is 4.76. The molecule has 2 heteroatoms. The molecule has 0 aliphatic carbocycles. The van der Waals surface area contributed by atoms with Crippen molar-refractivity contribution >= 4 is 21.8 Å². The van der Waals surface area contributed by atoms with E-state index in [-0.39, 0.29) is 0 Å². The first-order chi connectivity index (χ1) is 8.79. The molecule has 2 aromatic heterocycles. The molecule has 3 rings (SSSR count). The molecule has 92 valence electrons. The van der Waals surface area contributed by atoms with Gasteiger partial charge in [0.2, 0.25) is 0 Å². The summed E-state index contributed by atoms with van der Waals surface area (Å²) in [7, 11) is 0. The summed E-state index contributed by atoms with van der Waals surface area (Å²) in [5.74, 6) is 0. The fourth-order valence-corrected chi connectivity index (χ4v) is 2.53. The number of aromatic amines is 1. The number of hydrogen-bond acceptors (Lipinski definition) is 1. The molecule has 1 aromatic carbocycles. The van der Waals surface area contributed by atoms with E-state index in [0.717, 1.165) is 17.6 Å². The normalized spacial score (nSPS) is 11.4. The fraction of sp³-hybridized carbons (Fsp3) is 0.312. The van der Waals surface area contributed by atoms with Gasteiger partial charge in [-0.15, -0.1) is 0 Å². The van der Waals surface area contributed by atoms with Crippen LogP contribution in [0, 0.1) is 6.92 Å². The summed E-state index contributed by atoms with van der Waals surface area (Å²) in [6, 6.07) is 10.6. The molecule has 0 saturated carbocycles. The van der Waals surface area contributed by atoms with Crippen LogP contribution in [0.15, 0.2) is 30.3 Å². The number of rotatable bonds is 3. The van der Waals surface area contributed by atoms with Gasteiger partial charge < -0.3 is 4.98 Å². The Hall–Kier alpha value is -1.83. The van der Waals surface area contributed by atoms with Crippen LogP contribution in [0.4, 0.5) is 0 Å². The van der Waals surface area contributed by atoms with Gasteiger partial charge in [-0.1, -0.05) is 31.5 Å². The summed E-state index contributed by atoms with van der Waals surface area (Å²) < 4.78 is 0. The van der Waals surface area contributed by atoms with E-state index in [1.807, 2.05) is 6.07 Å². The van der Waals surface area contributed by atoms with E-state index in [4.69, 9.17) is 0 Å². The highest BCUT2D eigenvalue weighted by Gasteiger charge is 2.08. The number of nitrogens with one attached hydrogen (secondary N) is 1. The average Bonchev–Trinajstić information content (AvgIpc) is 2.81. The molecule has 0 saturated heterocycles. The van der Waals surface area contributed by atoms with Crippen LogP contribution in [0.25, 0.3) is 21.8 Å². The molecule has 2 heterocycles. The first-order valence-electron chi connectivity index (χ1n) is 6.66. The number of para-hydroxylation sites is 1. The second-order valence-electron chi connectivity index (χ2n) is 4.90. The van der Waals surface area contributed by atoms with E-state index in [1.54, 1.807) is 0 Å². The Bertz CT molecular complexity index is 695. The van der Waals surface area contributed by atoms with Crippen LogP contribution in [-0.4, -0.2) is 9.97 Å². The fourth-order valence-electron chi connectivity index (χ4n) is 2.53. The number of benzene rings is 1. The molecule has 0 aliphatic heterocycles. The van der Waals surface area contributed by atoms with Gasteiger partial charge in [0.05, 0.1) is 11.0 Å². The Labute approximate surface area is 107 Å². The molecule has 0 fully saturated rings. The largest absolute Gasteiger partial charge is 0.358 e. The first kappa shape index (κ1) is 11.3. The van der Waals surface area contributed by atoms with Crippen molar-refractivity contribution in [3.63, 3.8) is 0 Å². The van der Waals surface area contributed by atoms with Crippen LogP contribution < -0.4 is 0 Å². The lowest BCUT2D eigenvalue weighted by Gasteiger charge is -2.01. The summed E-state index contributed by atoms with van der Waals surface area (Å²) in [6.45, 7) is 4.32. The Morgan fingerprint density at radius 3 is 2.83 bits per heavy atom. The van der Waals surface area contributed by atoms with Gasteiger partial charge in [-0.25, -0.2) is 0 Å². The van der Waals surface area contributed by atoms with Crippen LogP contribution >= 0.6 is 0 Å². The second kappa shape index (κ2) is 4.45. The maximum absolute atomic E-state index is 4.68. The van der Waals surface area contributed by atoms with Crippen molar-refractivity contribution in [2.75, 3.05) is 0 Å². The van der Waals surface area contributed by atoms with Crippen molar-refractivity contribution in [2.45, 2.75) is 33.1 Å². The molecular formula is C16H18N2. The number of nitrogens with zero attached hydrogens (tertiary/aromatic N) is 1. The van der Waals surface area contributed by atoms with Gasteiger partial charge in [-0.05, 0) is 31.9 Å². The minimum atomic E-state index is 1.08. The van der Waals surface area contributed by atoms with Crippen molar-refractivity contribution in [1.29, 1.82) is 0 Å². The molecule has 1 N–H and O–H groups in total. The lowest BCUT2D eigenvalue weighted by Crippen LogP contribution is -1.85. The van der Waals surface area contributed by atoms with Crippen LogP contribution in [0.1, 0.15) is 31.2 Å². The van der Waals surface area contributed by atoms with Gasteiger partial charge in [-0.3, -0.25) is 4.98 Å². The van der Waals surface area contributed by atoms with Crippen molar-refractivity contribution in [3.8, 4) is 0 Å². The van der Waals surface area contributed by atoms with Gasteiger partial charge in [0.1, 0.15) is 0 Å². The van der Waals surface area contributed by atoms with Crippen LogP contribution in [-0.2, 0) is 6.42 Å². The summed E-state index contributed by atoms with van der Waals surface area (Å²) in [4.78, 5) is 8.25. The van der Waals surface area contributed by atoms with Crippen molar-refractivity contribution in [1.82, 2.24) is 9.97 Å². The number of aryl methyl sites for hydroxylation is 2. The van der Waals surface area contributed by atoms with Gasteiger partial charge in [-0.2, -0.15) is 0 Å². The number of fused-ring (bicyclic) bond motifs is 3. The highest BCUT2D eigenvalue weighted by Crippen LogP contribution is 2.26. The standard InChI is InChI=1S/C16H18N2/c1-3-4-7-12-10-14-11(2)17-15-9-6-5-8-13(15)16(14)18-12/h5-6,8-10,18H,3-4,7H2,1-2H3. The molecule has 2 nitrogen and oxygen atoms in total. The molecule has 0 bridgehead atoms. The third-order valence-electron chi connectivity index (χ3n) is 3.52. The van der Waals surface area contributed by atoms with E-state index in [0.29, 0.717) is 0 Å². The minimum absolute atomic E-state index is 1.08. The Balaban J connectivity index is 2.24. The molecule has 0 amide bonds. The van der Waals surface area contributed by atoms with Crippen LogP contribution in [0.3, 0.4) is 0 Å². The van der Waals surface area contributed by atoms with E-state index in [2.05, 4.69) is 48.1 Å². The maximum Gasteiger partial charge on any atom is 0.0726 e. The molecule has 18 heavy (non-hydrogen) atoms. The topological polar surface area (TPSA) is 28.7 Å². The zero-order valence-electron chi connectivity index (χ0n) is 11.0. The number of unbranched alkanes of at least 4 members (excludes halogenated alkanes) is 1. The zero-order valence-corrected chi connectivity index (χ0v) is 11.0. The Morgan fingerprint density at radius 2 is 2.00 bits per heavy atom. The van der Waals surface area contributed by atoms with E-state index in [1.165, 1.54) is 34.8 Å². The third kappa shape index (κ3) is 1.78. The number of hydrogen-bond donors (Lipinski definition) is 1. The monoisotopic (exact) mass is 238 g/mol. The smallest absolute Gasteiger partial charge is 0.0726 e. The van der Waals surface area contributed by atoms with Crippen molar-refractivity contribution in [2.24, 2.45) is 0 Å². The molecule has 0 unspecified atom stereocenters. The second-order valence-corrected chi connectivity index (χ2v) is 4.90. The molecule has 3 aromatic rings. The van der Waals surface area contributed by atoms with Gasteiger partial charge in [0, 0.05) is 22.2 Å². The molecule has 0 radical (unpaired) electrons. The lowest BCUT2D eigenvalue weighted by atomic mass is 10.1. The SMILES string of the molecule is CCCCc1cc2c(C)nc3ccccc3c2[nH]1. The first-order valence-corrected chi connectivity index (χ1v) is 6.66. The van der Waals surface area contributed by atoms with E-state index < -0.39 is 0 Å². The van der Waals surface area contributed by atoms with Gasteiger partial charge in [0.25, 0.3) is 0 Å². The average molecular weight is 238 g/mol. The third-order valence-corrected chi connectivity index (χ3v) is 3.52. The molecular weight excluding hydrogens is 220 g/mol. The minimum Gasteiger partial charge on any atom is -0.358 e. The van der Waals surface area contributed by atoms with E-state index >= 15 is 0 Å². The summed E-state index contributed by atoms with van der Waals surface area (Å²) in [5, 5.41) is 2.49. The van der Waals surface area contributed by atoms with Crippen molar-refractivity contribution < 1.29 is 0 Å². The predicted molar refractivity (Wildman–Crippen MR) is 76.9 cm³/mol. The quantitative estimate of drug-likeness (QED) is 0.721. The highest BCUT2D eigenvalue weighted by molar-refractivity contribution is 6.04. The number of aromatic nitrogens is 2. The van der Waals surface area contributed by atoms with Crippen LogP contribution in [0.2, 0.25) is 0 Å². The van der Waals surface area contributed by atoms with Gasteiger partial charge in [0.15, 0.2) is 0 Å². The van der Waals surface area contributed by atoms with Gasteiger partial charge >= 0.3 is 0 Å². The maximum atomic E-state index is 4.68. The summed E-state index contributed by atoms with van der Waals surface area (Å²) >= 11 is 0. The number of H-pyrrole nitrogens is 1. The Kier molecular flexibility index (Phi) is 2.78. The van der Waals surface area contributed by atoms with E-state index in [9.17, 15) is 0 Å². The summed E-state index contributed by atoms with van der Waals surface area (Å²) in [6.07, 6.45) is 3.59. The van der Waals surface area contributed by atoms with Crippen molar-refractivity contribution in [3.05, 3.63) is 41.7 Å². The molecule has 0 atom stereocenters. The number of pyridine rings is 1. The van der Waals surface area contributed by atoms with Crippen LogP contribution in [0.5, 0.6) is 0 Å². The Morgan fingerprint density at radius 1 is 1.17 bits per heavy atom. The lowest BCUT2D eigenvalue weighted by molar-refractivity contribution is 0.783. The zero-order chi connectivity index (χ0) is 12.5. The molecule has 0 aliphatic rings. The molecule has 0 spiro atoms. The highest BCUT2D eigenvalue weighted by atomic mass is 14.8. The predicted octanol–water partition coefficient (Wildman–Crippen LogP) is 4.37.